The van der Waals surface area contributed by atoms with Crippen molar-refractivity contribution >= 4 is 18.3 Å². The first-order valence-electron chi connectivity index (χ1n) is 7.97. The standard InChI is InChI=1S/C17H26N2O3.ClH/c1-13-16(5-3-10-18-13)19-17(20)14-6-8-15(9-7-14)22-12-4-11-21-2;/h6-9,13,16,18H,3-5,10-12H2,1-2H3,(H,19,20);1H. The van der Waals surface area contributed by atoms with Crippen LogP contribution in [0.2, 0.25) is 0 Å². The number of carbonyl (C=O) groups excluding carboxylic acids is 1. The van der Waals surface area contributed by atoms with Gasteiger partial charge < -0.3 is 20.1 Å². The Hall–Kier alpha value is -1.30. The van der Waals surface area contributed by atoms with Crippen LogP contribution in [0.25, 0.3) is 0 Å². The molecule has 1 fully saturated rings. The molecule has 0 radical (unpaired) electrons. The topological polar surface area (TPSA) is 59.6 Å². The van der Waals surface area contributed by atoms with Crippen LogP contribution in [0.5, 0.6) is 5.75 Å². The molecule has 2 rings (SSSR count). The van der Waals surface area contributed by atoms with Gasteiger partial charge in [0.1, 0.15) is 5.75 Å². The third-order valence-electron chi connectivity index (χ3n) is 3.96. The number of rotatable bonds is 7. The number of nitrogens with one attached hydrogen (secondary N) is 2. The predicted molar refractivity (Wildman–Crippen MR) is 93.6 cm³/mol. The van der Waals surface area contributed by atoms with Crippen LogP contribution < -0.4 is 15.4 Å². The van der Waals surface area contributed by atoms with Gasteiger partial charge in [-0.25, -0.2) is 0 Å². The van der Waals surface area contributed by atoms with Gasteiger partial charge in [0.25, 0.3) is 5.91 Å². The number of methoxy groups -OCH3 is 1. The molecule has 1 aromatic rings. The first kappa shape index (κ1) is 19.7. The maximum atomic E-state index is 12.3. The van der Waals surface area contributed by atoms with Crippen molar-refractivity contribution in [3.05, 3.63) is 29.8 Å². The second kappa shape index (κ2) is 10.5. The van der Waals surface area contributed by atoms with Crippen molar-refractivity contribution in [1.82, 2.24) is 10.6 Å². The lowest BCUT2D eigenvalue weighted by Crippen LogP contribution is -2.51. The summed E-state index contributed by atoms with van der Waals surface area (Å²) in [4.78, 5) is 12.3. The average molecular weight is 343 g/mol. The van der Waals surface area contributed by atoms with Gasteiger partial charge in [0, 0.05) is 37.8 Å². The molecular formula is C17H27ClN2O3. The van der Waals surface area contributed by atoms with E-state index in [2.05, 4.69) is 17.6 Å². The molecule has 2 unspecified atom stereocenters. The molecule has 2 N–H and O–H groups in total. The molecule has 0 spiro atoms. The Morgan fingerprint density at radius 1 is 1.30 bits per heavy atom. The third kappa shape index (κ3) is 6.37. The molecule has 0 saturated carbocycles. The van der Waals surface area contributed by atoms with Gasteiger partial charge >= 0.3 is 0 Å². The van der Waals surface area contributed by atoms with E-state index < -0.39 is 0 Å². The summed E-state index contributed by atoms with van der Waals surface area (Å²) in [6.07, 6.45) is 2.98. The minimum atomic E-state index is -0.0218. The van der Waals surface area contributed by atoms with E-state index in [9.17, 15) is 4.79 Å². The summed E-state index contributed by atoms with van der Waals surface area (Å²) >= 11 is 0. The summed E-state index contributed by atoms with van der Waals surface area (Å²) in [5.74, 6) is 0.756. The zero-order chi connectivity index (χ0) is 15.8. The largest absolute Gasteiger partial charge is 0.494 e. The Bertz CT molecular complexity index is 467. The SMILES string of the molecule is COCCCOc1ccc(C(=O)NC2CCCNC2C)cc1.Cl. The van der Waals surface area contributed by atoms with Crippen molar-refractivity contribution in [2.45, 2.75) is 38.3 Å². The Morgan fingerprint density at radius 3 is 2.70 bits per heavy atom. The summed E-state index contributed by atoms with van der Waals surface area (Å²) in [6.45, 7) is 4.45. The fourth-order valence-electron chi connectivity index (χ4n) is 2.59. The van der Waals surface area contributed by atoms with Crippen LogP contribution in [0.4, 0.5) is 0 Å². The van der Waals surface area contributed by atoms with Gasteiger partial charge in [0.05, 0.1) is 6.61 Å². The van der Waals surface area contributed by atoms with Crippen molar-refractivity contribution in [2.24, 2.45) is 0 Å². The van der Waals surface area contributed by atoms with Crippen LogP contribution in [0.15, 0.2) is 24.3 Å². The van der Waals surface area contributed by atoms with Crippen LogP contribution >= 0.6 is 12.4 Å². The van der Waals surface area contributed by atoms with Gasteiger partial charge in [0.2, 0.25) is 0 Å². The second-order valence-electron chi connectivity index (χ2n) is 5.68. The summed E-state index contributed by atoms with van der Waals surface area (Å²) in [5, 5.41) is 6.49. The summed E-state index contributed by atoms with van der Waals surface area (Å²) < 4.78 is 10.6. The Morgan fingerprint density at radius 2 is 2.04 bits per heavy atom. The highest BCUT2D eigenvalue weighted by Gasteiger charge is 2.22. The monoisotopic (exact) mass is 342 g/mol. The lowest BCUT2D eigenvalue weighted by molar-refractivity contribution is 0.0920. The average Bonchev–Trinajstić information content (AvgIpc) is 2.54. The Kier molecular flexibility index (Phi) is 8.99. The lowest BCUT2D eigenvalue weighted by atomic mass is 9.99. The highest BCUT2D eigenvalue weighted by atomic mass is 35.5. The van der Waals surface area contributed by atoms with Gasteiger partial charge in [-0.2, -0.15) is 0 Å². The molecule has 0 bridgehead atoms. The maximum absolute atomic E-state index is 12.3. The minimum absolute atomic E-state index is 0. The van der Waals surface area contributed by atoms with E-state index in [4.69, 9.17) is 9.47 Å². The molecule has 1 heterocycles. The molecular weight excluding hydrogens is 316 g/mol. The molecule has 1 aromatic carbocycles. The second-order valence-corrected chi connectivity index (χ2v) is 5.68. The molecule has 5 nitrogen and oxygen atoms in total. The smallest absolute Gasteiger partial charge is 0.251 e. The zero-order valence-corrected chi connectivity index (χ0v) is 14.7. The fourth-order valence-corrected chi connectivity index (χ4v) is 2.59. The van der Waals surface area contributed by atoms with E-state index >= 15 is 0 Å². The molecule has 1 saturated heterocycles. The summed E-state index contributed by atoms with van der Waals surface area (Å²) in [7, 11) is 1.68. The van der Waals surface area contributed by atoms with Crippen LogP contribution in [0, 0.1) is 0 Å². The molecule has 2 atom stereocenters. The minimum Gasteiger partial charge on any atom is -0.494 e. The number of hydrogen-bond acceptors (Lipinski definition) is 4. The quantitative estimate of drug-likeness (QED) is 0.747. The van der Waals surface area contributed by atoms with Crippen molar-refractivity contribution in [3.8, 4) is 5.75 Å². The summed E-state index contributed by atoms with van der Waals surface area (Å²) in [5.41, 5.74) is 0.669. The number of amides is 1. The molecule has 0 aliphatic carbocycles. The van der Waals surface area contributed by atoms with E-state index in [0.29, 0.717) is 24.8 Å². The van der Waals surface area contributed by atoms with Gasteiger partial charge in [-0.1, -0.05) is 0 Å². The molecule has 0 aromatic heterocycles. The van der Waals surface area contributed by atoms with Crippen molar-refractivity contribution in [1.29, 1.82) is 0 Å². The van der Waals surface area contributed by atoms with E-state index in [1.54, 1.807) is 7.11 Å². The van der Waals surface area contributed by atoms with Gasteiger partial charge in [-0.3, -0.25) is 4.79 Å². The number of benzene rings is 1. The fraction of sp³-hybridized carbons (Fsp3) is 0.588. The molecule has 23 heavy (non-hydrogen) atoms. The van der Waals surface area contributed by atoms with E-state index in [1.807, 2.05) is 24.3 Å². The highest BCUT2D eigenvalue weighted by Crippen LogP contribution is 2.14. The summed E-state index contributed by atoms with van der Waals surface area (Å²) in [6, 6.07) is 7.81. The molecule has 1 aliphatic heterocycles. The Labute approximate surface area is 144 Å². The normalized spacial score (nSPS) is 20.4. The Balaban J connectivity index is 0.00000264. The van der Waals surface area contributed by atoms with Gasteiger partial charge in [-0.05, 0) is 50.6 Å². The molecule has 6 heteroatoms. The maximum Gasteiger partial charge on any atom is 0.251 e. The van der Waals surface area contributed by atoms with Crippen LogP contribution in [0.3, 0.4) is 0 Å². The highest BCUT2D eigenvalue weighted by molar-refractivity contribution is 5.94. The van der Waals surface area contributed by atoms with E-state index in [1.165, 1.54) is 0 Å². The van der Waals surface area contributed by atoms with Crippen molar-refractivity contribution in [3.63, 3.8) is 0 Å². The number of carbonyl (C=O) groups is 1. The lowest BCUT2D eigenvalue weighted by Gasteiger charge is -2.30. The van der Waals surface area contributed by atoms with Crippen LogP contribution in [-0.2, 0) is 4.74 Å². The number of piperidine rings is 1. The zero-order valence-electron chi connectivity index (χ0n) is 13.8. The molecule has 1 amide bonds. The van der Waals surface area contributed by atoms with Gasteiger partial charge in [0.15, 0.2) is 0 Å². The van der Waals surface area contributed by atoms with E-state index in [0.717, 1.165) is 31.6 Å². The number of halogens is 1. The third-order valence-corrected chi connectivity index (χ3v) is 3.96. The molecule has 1 aliphatic rings. The number of ether oxygens (including phenoxy) is 2. The van der Waals surface area contributed by atoms with E-state index in [-0.39, 0.29) is 24.4 Å². The van der Waals surface area contributed by atoms with Crippen LogP contribution in [0.1, 0.15) is 36.5 Å². The van der Waals surface area contributed by atoms with Gasteiger partial charge in [-0.15, -0.1) is 12.4 Å². The predicted octanol–water partition coefficient (Wildman–Crippen LogP) is 2.39. The first-order valence-corrected chi connectivity index (χ1v) is 7.97. The van der Waals surface area contributed by atoms with Crippen molar-refractivity contribution < 1.29 is 14.3 Å². The van der Waals surface area contributed by atoms with Crippen molar-refractivity contribution in [2.75, 3.05) is 26.9 Å². The first-order chi connectivity index (χ1) is 10.7. The number of hydrogen-bond donors (Lipinski definition) is 2. The molecule has 130 valence electrons. The van der Waals surface area contributed by atoms with Crippen LogP contribution in [-0.4, -0.2) is 44.9 Å².